The molecule has 0 aromatic heterocycles. The van der Waals surface area contributed by atoms with Crippen molar-refractivity contribution in [3.8, 4) is 0 Å². The van der Waals surface area contributed by atoms with E-state index in [4.69, 9.17) is 4.74 Å². The van der Waals surface area contributed by atoms with Gasteiger partial charge in [-0.15, -0.1) is 0 Å². The molecule has 1 aromatic carbocycles. The molecule has 2 fully saturated rings. The number of carbonyl (C=O) groups excluding carboxylic acids is 1. The maximum absolute atomic E-state index is 12.2. The summed E-state index contributed by atoms with van der Waals surface area (Å²) in [4.78, 5) is 14.2. The Bertz CT molecular complexity index is 481. The molecule has 2 heterocycles. The minimum atomic E-state index is -0.140. The van der Waals surface area contributed by atoms with Crippen molar-refractivity contribution in [2.24, 2.45) is 0 Å². The Morgan fingerprint density at radius 3 is 3.11 bits per heavy atom. The van der Waals surface area contributed by atoms with Gasteiger partial charge in [-0.2, -0.15) is 0 Å². The van der Waals surface area contributed by atoms with Crippen molar-refractivity contribution < 1.29 is 9.53 Å². The van der Waals surface area contributed by atoms with Crippen molar-refractivity contribution in [2.45, 2.75) is 25.4 Å². The first kappa shape index (κ1) is 12.6. The van der Waals surface area contributed by atoms with E-state index in [0.29, 0.717) is 13.2 Å². The van der Waals surface area contributed by atoms with Crippen LogP contribution in [0.3, 0.4) is 0 Å². The van der Waals surface area contributed by atoms with Crippen LogP contribution in [0.25, 0.3) is 0 Å². The first-order valence-electron chi connectivity index (χ1n) is 6.84. The maximum Gasteiger partial charge on any atom is 0.249 e. The number of aryl methyl sites for hydroxylation is 1. The van der Waals surface area contributed by atoms with Crippen LogP contribution < -0.4 is 5.32 Å². The Kier molecular flexibility index (Phi) is 3.29. The quantitative estimate of drug-likeness (QED) is 0.865. The highest BCUT2D eigenvalue weighted by Crippen LogP contribution is 2.29. The van der Waals surface area contributed by atoms with Gasteiger partial charge in [-0.25, -0.2) is 0 Å². The molecule has 0 saturated carbocycles. The number of benzene rings is 1. The molecule has 0 radical (unpaired) electrons. The molecule has 2 aliphatic heterocycles. The van der Waals surface area contributed by atoms with Crippen molar-refractivity contribution in [1.82, 2.24) is 10.2 Å². The van der Waals surface area contributed by atoms with Crippen molar-refractivity contribution in [1.29, 1.82) is 0 Å². The Morgan fingerprint density at radius 1 is 1.47 bits per heavy atom. The van der Waals surface area contributed by atoms with E-state index in [1.54, 1.807) is 0 Å². The molecular formula is C15H20N2O2. The van der Waals surface area contributed by atoms with Gasteiger partial charge in [-0.3, -0.25) is 4.79 Å². The average Bonchev–Trinajstić information content (AvgIpc) is 2.84. The van der Waals surface area contributed by atoms with Crippen LogP contribution in [0.15, 0.2) is 24.3 Å². The molecule has 2 saturated heterocycles. The van der Waals surface area contributed by atoms with E-state index in [1.165, 1.54) is 11.1 Å². The van der Waals surface area contributed by atoms with Crippen molar-refractivity contribution in [2.75, 3.05) is 26.3 Å². The predicted molar refractivity (Wildman–Crippen MR) is 72.8 cm³/mol. The largest absolute Gasteiger partial charge is 0.369 e. The summed E-state index contributed by atoms with van der Waals surface area (Å²) in [5.41, 5.74) is 2.29. The number of hydrogen-bond donors (Lipinski definition) is 1. The monoisotopic (exact) mass is 260 g/mol. The molecule has 1 aromatic rings. The lowest BCUT2D eigenvalue weighted by Gasteiger charge is -2.44. The van der Waals surface area contributed by atoms with Crippen LogP contribution in [0.5, 0.6) is 0 Å². The highest BCUT2D eigenvalue weighted by atomic mass is 16.5. The molecule has 102 valence electrons. The summed E-state index contributed by atoms with van der Waals surface area (Å²) >= 11 is 0. The summed E-state index contributed by atoms with van der Waals surface area (Å²) in [5.74, 6) is 0.108. The van der Waals surface area contributed by atoms with Crippen LogP contribution in [0.1, 0.15) is 17.5 Å². The van der Waals surface area contributed by atoms with Gasteiger partial charge in [0, 0.05) is 13.1 Å². The van der Waals surface area contributed by atoms with Crippen LogP contribution in [-0.2, 0) is 16.1 Å². The minimum Gasteiger partial charge on any atom is -0.369 e. The molecule has 1 spiro atoms. The lowest BCUT2D eigenvalue weighted by atomic mass is 9.94. The van der Waals surface area contributed by atoms with Gasteiger partial charge in [0.05, 0.1) is 12.1 Å². The topological polar surface area (TPSA) is 41.6 Å². The van der Waals surface area contributed by atoms with Crippen LogP contribution in [-0.4, -0.2) is 42.6 Å². The smallest absolute Gasteiger partial charge is 0.249 e. The van der Waals surface area contributed by atoms with Crippen LogP contribution in [0.4, 0.5) is 0 Å². The summed E-state index contributed by atoms with van der Waals surface area (Å²) in [6.45, 7) is 5.43. The lowest BCUT2D eigenvalue weighted by Crippen LogP contribution is -2.60. The maximum atomic E-state index is 12.2. The highest BCUT2D eigenvalue weighted by molar-refractivity contribution is 5.79. The minimum absolute atomic E-state index is 0.108. The molecular weight excluding hydrogens is 240 g/mol. The molecule has 1 amide bonds. The molecule has 1 atom stereocenters. The number of hydrogen-bond acceptors (Lipinski definition) is 3. The molecule has 1 unspecified atom stereocenters. The zero-order chi connectivity index (χ0) is 13.3. The van der Waals surface area contributed by atoms with E-state index in [2.05, 4.69) is 36.5 Å². The number of nitrogens with zero attached hydrogens (tertiary/aromatic N) is 1. The molecule has 19 heavy (non-hydrogen) atoms. The predicted octanol–water partition coefficient (Wildman–Crippen LogP) is 1.09. The number of rotatable bonds is 2. The van der Waals surface area contributed by atoms with Gasteiger partial charge in [-0.1, -0.05) is 29.8 Å². The summed E-state index contributed by atoms with van der Waals surface area (Å²) in [6.07, 6.45) is 0.977. The van der Waals surface area contributed by atoms with Crippen molar-refractivity contribution >= 4 is 5.91 Å². The zero-order valence-corrected chi connectivity index (χ0v) is 11.3. The van der Waals surface area contributed by atoms with E-state index < -0.39 is 0 Å². The normalized spacial score (nSPS) is 27.2. The summed E-state index contributed by atoms with van der Waals surface area (Å²) < 4.78 is 5.48. The fourth-order valence-electron chi connectivity index (χ4n) is 3.08. The standard InChI is InChI=1S/C15H20N2O2/c1-12-3-2-4-13(7-12)8-17-14(18)9-19-11-15(17)5-6-16-10-15/h2-4,7,16H,5-6,8-11H2,1H3. The Morgan fingerprint density at radius 2 is 2.37 bits per heavy atom. The second kappa shape index (κ2) is 4.94. The van der Waals surface area contributed by atoms with E-state index in [1.807, 2.05) is 4.90 Å². The van der Waals surface area contributed by atoms with Crippen molar-refractivity contribution in [3.05, 3.63) is 35.4 Å². The second-order valence-corrected chi connectivity index (χ2v) is 5.61. The van der Waals surface area contributed by atoms with Crippen LogP contribution in [0.2, 0.25) is 0 Å². The Labute approximate surface area is 113 Å². The summed E-state index contributed by atoms with van der Waals surface area (Å²) in [5, 5.41) is 3.36. The zero-order valence-electron chi connectivity index (χ0n) is 11.3. The number of carbonyl (C=O) groups is 1. The number of morpholine rings is 1. The van der Waals surface area contributed by atoms with Gasteiger partial charge in [0.2, 0.25) is 5.91 Å². The average molecular weight is 260 g/mol. The third kappa shape index (κ3) is 2.38. The van der Waals surface area contributed by atoms with Gasteiger partial charge in [-0.05, 0) is 25.5 Å². The molecule has 4 nitrogen and oxygen atoms in total. The SMILES string of the molecule is Cc1cccc(CN2C(=O)COCC23CCNC3)c1. The van der Waals surface area contributed by atoms with Gasteiger partial charge in [0.25, 0.3) is 0 Å². The molecule has 3 rings (SSSR count). The summed E-state index contributed by atoms with van der Waals surface area (Å²) in [7, 11) is 0. The Hall–Kier alpha value is -1.39. The van der Waals surface area contributed by atoms with Crippen LogP contribution in [0, 0.1) is 6.92 Å². The van der Waals surface area contributed by atoms with Gasteiger partial charge >= 0.3 is 0 Å². The van der Waals surface area contributed by atoms with Gasteiger partial charge in [0.15, 0.2) is 0 Å². The first-order chi connectivity index (χ1) is 9.20. The Balaban J connectivity index is 1.85. The van der Waals surface area contributed by atoms with Gasteiger partial charge < -0.3 is 15.0 Å². The third-order valence-electron chi connectivity index (χ3n) is 4.11. The highest BCUT2D eigenvalue weighted by Gasteiger charge is 2.45. The molecule has 0 aliphatic carbocycles. The number of amides is 1. The molecule has 1 N–H and O–H groups in total. The summed E-state index contributed by atoms with van der Waals surface area (Å²) in [6, 6.07) is 8.37. The molecule has 0 bridgehead atoms. The van der Waals surface area contributed by atoms with E-state index in [-0.39, 0.29) is 18.1 Å². The first-order valence-corrected chi connectivity index (χ1v) is 6.84. The number of nitrogens with one attached hydrogen (secondary N) is 1. The van der Waals surface area contributed by atoms with Gasteiger partial charge in [0.1, 0.15) is 6.61 Å². The fraction of sp³-hybridized carbons (Fsp3) is 0.533. The second-order valence-electron chi connectivity index (χ2n) is 5.61. The van der Waals surface area contributed by atoms with E-state index in [0.717, 1.165) is 19.5 Å². The van der Waals surface area contributed by atoms with Crippen molar-refractivity contribution in [3.63, 3.8) is 0 Å². The van der Waals surface area contributed by atoms with E-state index >= 15 is 0 Å². The van der Waals surface area contributed by atoms with Crippen LogP contribution >= 0.6 is 0 Å². The fourth-order valence-corrected chi connectivity index (χ4v) is 3.08. The molecule has 4 heteroatoms. The lowest BCUT2D eigenvalue weighted by molar-refractivity contribution is -0.157. The third-order valence-corrected chi connectivity index (χ3v) is 4.11. The van der Waals surface area contributed by atoms with E-state index in [9.17, 15) is 4.79 Å². The number of ether oxygens (including phenoxy) is 1. The molecule has 2 aliphatic rings.